The van der Waals surface area contributed by atoms with Gasteiger partial charge in [0.15, 0.2) is 4.96 Å². The lowest BCUT2D eigenvalue weighted by Crippen LogP contribution is -2.37. The Morgan fingerprint density at radius 1 is 1.05 bits per heavy atom. The number of aromatic nitrogens is 4. The molecule has 0 saturated heterocycles. The van der Waals surface area contributed by atoms with Gasteiger partial charge in [0.25, 0.3) is 0 Å². The molecule has 0 saturated carbocycles. The van der Waals surface area contributed by atoms with Gasteiger partial charge in [-0.2, -0.15) is 0 Å². The van der Waals surface area contributed by atoms with Gasteiger partial charge < -0.3 is 19.3 Å². The Morgan fingerprint density at radius 2 is 1.76 bits per heavy atom. The Kier molecular flexibility index (Phi) is 6.78. The molecule has 0 aliphatic carbocycles. The minimum absolute atomic E-state index is 0.0797. The molecular weight excluding hydrogens is 486 g/mol. The molecule has 4 aromatic heterocycles. The number of fused-ring (bicyclic) bond motifs is 3. The molecule has 0 amide bonds. The first kappa shape index (κ1) is 25.4. The zero-order chi connectivity index (χ0) is 26.3. The number of thiazole rings is 1. The second-order valence-corrected chi connectivity index (χ2v) is 11.7. The van der Waals surface area contributed by atoms with Crippen molar-refractivity contribution in [2.45, 2.75) is 52.2 Å². The highest BCUT2D eigenvalue weighted by Crippen LogP contribution is 2.32. The second kappa shape index (κ2) is 9.89. The zero-order valence-corrected chi connectivity index (χ0v) is 22.9. The maximum atomic E-state index is 10.3. The van der Waals surface area contributed by atoms with Crippen molar-refractivity contribution in [3.63, 3.8) is 0 Å². The van der Waals surface area contributed by atoms with Crippen molar-refractivity contribution >= 4 is 26.6 Å². The van der Waals surface area contributed by atoms with E-state index in [1.54, 1.807) is 0 Å². The first-order valence-electron chi connectivity index (χ1n) is 12.5. The van der Waals surface area contributed by atoms with Gasteiger partial charge in [0.05, 0.1) is 11.2 Å². The molecular formula is C28H33N5O3S. The quantitative estimate of drug-likeness (QED) is 0.284. The van der Waals surface area contributed by atoms with Gasteiger partial charge in [-0.05, 0) is 27.0 Å². The molecule has 0 aliphatic rings. The van der Waals surface area contributed by atoms with Crippen molar-refractivity contribution in [1.82, 2.24) is 24.4 Å². The van der Waals surface area contributed by atoms with E-state index >= 15 is 0 Å². The maximum Gasteiger partial charge on any atom is 0.214 e. The highest BCUT2D eigenvalue weighted by molar-refractivity contribution is 7.23. The summed E-state index contributed by atoms with van der Waals surface area (Å²) in [6, 6.07) is 14.4. The molecule has 0 radical (unpaired) electrons. The summed E-state index contributed by atoms with van der Waals surface area (Å²) in [5.74, 6) is 1.37. The standard InChI is InChI=1S/C28H33N5O3S/c1-17(2)32(6)14-20(34)16-35-25-12-11-23-26(30-25)37-27-29-22(15-33(23)27)19-9-7-18(8-10-19)21-13-24(36-31-21)28(3,4)5/h7-13,15,17,20,34H,14,16H2,1-6H3. The number of aliphatic hydroxyl groups excluding tert-OH is 1. The van der Waals surface area contributed by atoms with Gasteiger partial charge in [0.2, 0.25) is 5.88 Å². The van der Waals surface area contributed by atoms with E-state index in [9.17, 15) is 5.11 Å². The largest absolute Gasteiger partial charge is 0.475 e. The SMILES string of the molecule is CC(C)N(C)CC(O)COc1ccc2c(n1)sc1nc(-c3ccc(-c4cc(C(C)(C)C)on4)cc3)cn12. The fraction of sp³-hybridized carbons (Fsp3) is 0.393. The molecule has 4 heterocycles. The molecule has 0 aliphatic heterocycles. The number of hydrogen-bond donors (Lipinski definition) is 1. The van der Waals surface area contributed by atoms with Crippen LogP contribution < -0.4 is 4.74 Å². The summed E-state index contributed by atoms with van der Waals surface area (Å²) in [6.45, 7) is 11.3. The Balaban J connectivity index is 1.30. The summed E-state index contributed by atoms with van der Waals surface area (Å²) in [6.07, 6.45) is 1.45. The predicted molar refractivity (Wildman–Crippen MR) is 147 cm³/mol. The van der Waals surface area contributed by atoms with Gasteiger partial charge in [-0.15, -0.1) is 0 Å². The topological polar surface area (TPSA) is 88.9 Å². The number of nitrogens with zero attached hydrogens (tertiary/aromatic N) is 5. The fourth-order valence-corrected chi connectivity index (χ4v) is 4.92. The van der Waals surface area contributed by atoms with E-state index in [4.69, 9.17) is 14.2 Å². The molecule has 9 heteroatoms. The summed E-state index contributed by atoms with van der Waals surface area (Å²) < 4.78 is 13.4. The van der Waals surface area contributed by atoms with Crippen LogP contribution in [-0.2, 0) is 5.41 Å². The van der Waals surface area contributed by atoms with Crippen LogP contribution in [-0.4, -0.2) is 61.9 Å². The minimum Gasteiger partial charge on any atom is -0.475 e. The number of ether oxygens (including phenoxy) is 1. The average Bonchev–Trinajstić information content (AvgIpc) is 3.57. The van der Waals surface area contributed by atoms with E-state index < -0.39 is 6.10 Å². The molecule has 194 valence electrons. The number of benzene rings is 1. The number of pyridine rings is 1. The lowest BCUT2D eigenvalue weighted by Gasteiger charge is -2.23. The van der Waals surface area contributed by atoms with Gasteiger partial charge in [-0.3, -0.25) is 4.40 Å². The molecule has 0 bridgehead atoms. The molecule has 1 aromatic carbocycles. The Morgan fingerprint density at radius 3 is 2.41 bits per heavy atom. The molecule has 8 nitrogen and oxygen atoms in total. The van der Waals surface area contributed by atoms with Crippen LogP contribution in [0.1, 0.15) is 40.4 Å². The van der Waals surface area contributed by atoms with E-state index in [-0.39, 0.29) is 12.0 Å². The van der Waals surface area contributed by atoms with Crippen LogP contribution in [0.2, 0.25) is 0 Å². The Bertz CT molecular complexity index is 1510. The normalized spacial score (nSPS) is 13.3. The summed E-state index contributed by atoms with van der Waals surface area (Å²) in [4.78, 5) is 13.3. The Hall–Kier alpha value is -3.27. The second-order valence-electron chi connectivity index (χ2n) is 10.8. The lowest BCUT2D eigenvalue weighted by atomic mass is 9.93. The number of hydrogen-bond acceptors (Lipinski definition) is 8. The molecule has 1 unspecified atom stereocenters. The average molecular weight is 520 g/mol. The van der Waals surface area contributed by atoms with Crippen LogP contribution in [0, 0.1) is 0 Å². The van der Waals surface area contributed by atoms with Crippen molar-refractivity contribution in [3.05, 3.63) is 54.4 Å². The van der Waals surface area contributed by atoms with Crippen LogP contribution in [0.15, 0.2) is 53.2 Å². The van der Waals surface area contributed by atoms with Crippen molar-refractivity contribution < 1.29 is 14.4 Å². The number of imidazole rings is 1. The van der Waals surface area contributed by atoms with Crippen LogP contribution in [0.25, 0.3) is 37.8 Å². The number of aliphatic hydroxyl groups is 1. The fourth-order valence-electron chi connectivity index (χ4n) is 3.94. The maximum absolute atomic E-state index is 10.3. The molecule has 37 heavy (non-hydrogen) atoms. The summed E-state index contributed by atoms with van der Waals surface area (Å²) in [5.41, 5.74) is 4.65. The molecule has 5 aromatic rings. The van der Waals surface area contributed by atoms with E-state index in [1.165, 1.54) is 11.3 Å². The minimum atomic E-state index is -0.579. The zero-order valence-electron chi connectivity index (χ0n) is 22.1. The highest BCUT2D eigenvalue weighted by atomic mass is 32.1. The lowest BCUT2D eigenvalue weighted by molar-refractivity contribution is 0.0663. The molecule has 1 atom stereocenters. The van der Waals surface area contributed by atoms with Gasteiger partial charge in [0.1, 0.15) is 29.0 Å². The third-order valence-corrected chi connectivity index (χ3v) is 7.43. The van der Waals surface area contributed by atoms with Gasteiger partial charge >= 0.3 is 0 Å². The Labute approximate surface area is 220 Å². The summed E-state index contributed by atoms with van der Waals surface area (Å²) >= 11 is 1.51. The van der Waals surface area contributed by atoms with Gasteiger partial charge in [-0.1, -0.05) is 61.5 Å². The van der Waals surface area contributed by atoms with Crippen LogP contribution in [0.4, 0.5) is 0 Å². The first-order valence-corrected chi connectivity index (χ1v) is 13.3. The first-order chi connectivity index (χ1) is 17.6. The van der Waals surface area contributed by atoms with Crippen LogP contribution in [0.5, 0.6) is 5.88 Å². The molecule has 1 N–H and O–H groups in total. The van der Waals surface area contributed by atoms with Gasteiger partial charge in [-0.25, -0.2) is 9.97 Å². The number of rotatable bonds is 8. The van der Waals surface area contributed by atoms with E-state index in [0.717, 1.165) is 43.6 Å². The monoisotopic (exact) mass is 519 g/mol. The van der Waals surface area contributed by atoms with E-state index in [1.807, 2.05) is 43.6 Å². The third kappa shape index (κ3) is 5.39. The third-order valence-electron chi connectivity index (χ3n) is 6.47. The van der Waals surface area contributed by atoms with Crippen molar-refractivity contribution in [2.75, 3.05) is 20.2 Å². The molecule has 0 fully saturated rings. The van der Waals surface area contributed by atoms with Gasteiger partial charge in [0, 0.05) is 47.5 Å². The summed E-state index contributed by atoms with van der Waals surface area (Å²) in [5, 5.41) is 14.5. The predicted octanol–water partition coefficient (Wildman–Crippen LogP) is 5.64. The summed E-state index contributed by atoms with van der Waals surface area (Å²) in [7, 11) is 1.99. The van der Waals surface area contributed by atoms with E-state index in [0.29, 0.717) is 18.5 Å². The van der Waals surface area contributed by atoms with E-state index in [2.05, 4.69) is 66.2 Å². The van der Waals surface area contributed by atoms with Crippen LogP contribution in [0.3, 0.4) is 0 Å². The van der Waals surface area contributed by atoms with Crippen molar-refractivity contribution in [1.29, 1.82) is 0 Å². The molecule has 0 spiro atoms. The number of likely N-dealkylation sites (N-methyl/N-ethyl adjacent to an activating group) is 1. The molecule has 5 rings (SSSR count). The van der Waals surface area contributed by atoms with Crippen molar-refractivity contribution in [3.8, 4) is 28.4 Å². The highest BCUT2D eigenvalue weighted by Gasteiger charge is 2.20. The van der Waals surface area contributed by atoms with Crippen LogP contribution >= 0.6 is 11.3 Å². The smallest absolute Gasteiger partial charge is 0.214 e. The van der Waals surface area contributed by atoms with Crippen molar-refractivity contribution in [2.24, 2.45) is 0 Å².